The van der Waals surface area contributed by atoms with Crippen LogP contribution in [0.4, 0.5) is 8.78 Å². The third-order valence-corrected chi connectivity index (χ3v) is 19.0. The van der Waals surface area contributed by atoms with E-state index < -0.39 is 0 Å². The molecule has 0 unspecified atom stereocenters. The van der Waals surface area contributed by atoms with E-state index in [1.54, 1.807) is 24.3 Å². The fourth-order valence-electron chi connectivity index (χ4n) is 13.6. The zero-order chi connectivity index (χ0) is 47.6. The molecule has 6 heteroatoms. The van der Waals surface area contributed by atoms with Crippen LogP contribution < -0.4 is 0 Å². The first-order valence-electron chi connectivity index (χ1n) is 26.0. The highest BCUT2D eigenvalue weighted by Crippen LogP contribution is 2.57. The van der Waals surface area contributed by atoms with Crippen molar-refractivity contribution < 1.29 is 8.78 Å². The predicted molar refractivity (Wildman–Crippen MR) is 303 cm³/mol. The SMILES string of the molecule is Fc1ccc(-c2c(C3CCCCC3)c(-n3c4ccccc4c4c5sc6ccccc6c5ccc43)c(C3CCCCC3)c(-c3ccc(F)cc3)c2-n2c3ccccc3c3c4sc5ccccc5c4ccc32)cc1. The van der Waals surface area contributed by atoms with Gasteiger partial charge in [0.1, 0.15) is 11.6 Å². The Bertz CT molecular complexity index is 4220. The number of para-hydroxylation sites is 2. The maximum atomic E-state index is 15.6. The molecule has 2 nitrogen and oxygen atoms in total. The number of halogens is 2. The molecule has 0 atom stereocenters. The maximum Gasteiger partial charge on any atom is 0.123 e. The van der Waals surface area contributed by atoms with Crippen LogP contribution in [-0.2, 0) is 0 Å². The second kappa shape index (κ2) is 16.7. The summed E-state index contributed by atoms with van der Waals surface area (Å²) < 4.78 is 41.6. The number of rotatable bonds is 6. The molecule has 2 aliphatic rings. The molecule has 350 valence electrons. The summed E-state index contributed by atoms with van der Waals surface area (Å²) in [5.41, 5.74) is 14.0. The summed E-state index contributed by atoms with van der Waals surface area (Å²) in [5, 5.41) is 10.1. The van der Waals surface area contributed by atoms with Crippen LogP contribution >= 0.6 is 22.7 Å². The van der Waals surface area contributed by atoms with E-state index in [0.717, 1.165) is 90.3 Å². The zero-order valence-corrected chi connectivity index (χ0v) is 41.5. The van der Waals surface area contributed by atoms with Crippen molar-refractivity contribution in [2.45, 2.75) is 76.0 Å². The molecular weight excluding hydrogens is 923 g/mol. The molecule has 0 radical (unpaired) electrons. The average Bonchev–Trinajstić information content (AvgIpc) is 4.19. The highest BCUT2D eigenvalue weighted by molar-refractivity contribution is 7.27. The van der Waals surface area contributed by atoms with Gasteiger partial charge < -0.3 is 9.13 Å². The molecule has 9 aromatic carbocycles. The Labute approximate surface area is 424 Å². The van der Waals surface area contributed by atoms with E-state index in [1.807, 2.05) is 46.9 Å². The first-order chi connectivity index (χ1) is 35.6. The number of hydrogen-bond acceptors (Lipinski definition) is 2. The minimum Gasteiger partial charge on any atom is -0.309 e. The van der Waals surface area contributed by atoms with Gasteiger partial charge in [-0.15, -0.1) is 22.7 Å². The van der Waals surface area contributed by atoms with Crippen LogP contribution in [0.2, 0.25) is 0 Å². The molecule has 2 fully saturated rings. The average molecular weight is 973 g/mol. The van der Waals surface area contributed by atoms with E-state index in [0.29, 0.717) is 0 Å². The van der Waals surface area contributed by atoms with Crippen molar-refractivity contribution in [1.29, 1.82) is 0 Å². The summed E-state index contributed by atoms with van der Waals surface area (Å²) in [6.45, 7) is 0. The summed E-state index contributed by atoms with van der Waals surface area (Å²) in [4.78, 5) is 0. The van der Waals surface area contributed by atoms with Gasteiger partial charge in [0.15, 0.2) is 0 Å². The Balaban J connectivity index is 1.21. The van der Waals surface area contributed by atoms with Crippen molar-refractivity contribution in [2.75, 3.05) is 0 Å². The van der Waals surface area contributed by atoms with Gasteiger partial charge in [-0.1, -0.05) is 148 Å². The first kappa shape index (κ1) is 42.6. The van der Waals surface area contributed by atoms with Crippen molar-refractivity contribution in [2.24, 2.45) is 0 Å². The van der Waals surface area contributed by atoms with Crippen LogP contribution in [0, 0.1) is 11.6 Å². The Morgan fingerprint density at radius 3 is 1.18 bits per heavy atom. The molecule has 72 heavy (non-hydrogen) atoms. The highest BCUT2D eigenvalue weighted by atomic mass is 32.1. The number of nitrogens with zero attached hydrogens (tertiary/aromatic N) is 2. The smallest absolute Gasteiger partial charge is 0.123 e. The van der Waals surface area contributed by atoms with Crippen LogP contribution in [0.3, 0.4) is 0 Å². The molecular formula is C66H50F2N2S2. The molecule has 0 amide bonds. The lowest BCUT2D eigenvalue weighted by Gasteiger charge is -2.37. The van der Waals surface area contributed by atoms with Gasteiger partial charge in [0.25, 0.3) is 0 Å². The van der Waals surface area contributed by atoms with Crippen molar-refractivity contribution in [1.82, 2.24) is 9.13 Å². The van der Waals surface area contributed by atoms with Gasteiger partial charge in [-0.3, -0.25) is 0 Å². The molecule has 4 heterocycles. The topological polar surface area (TPSA) is 9.86 Å². The molecule has 0 saturated heterocycles. The fourth-order valence-corrected chi connectivity index (χ4v) is 16.1. The molecule has 2 saturated carbocycles. The minimum absolute atomic E-state index is 0.226. The number of benzene rings is 9. The van der Waals surface area contributed by atoms with Gasteiger partial charge in [-0.05, 0) is 120 Å². The normalized spacial score (nSPS) is 15.2. The zero-order valence-electron chi connectivity index (χ0n) is 39.9. The molecule has 0 spiro atoms. The highest BCUT2D eigenvalue weighted by Gasteiger charge is 2.37. The molecule has 15 rings (SSSR count). The summed E-state index contributed by atoms with van der Waals surface area (Å²) in [7, 11) is 0. The van der Waals surface area contributed by atoms with Crippen LogP contribution in [-0.4, -0.2) is 9.13 Å². The van der Waals surface area contributed by atoms with Crippen LogP contribution in [0.15, 0.2) is 170 Å². The van der Waals surface area contributed by atoms with E-state index in [-0.39, 0.29) is 23.5 Å². The standard InChI is InChI=1S/C66H50F2N2S2/c67-43-31-27-41(28-32-43)59-57(39-15-3-1-4-16-39)63(69-51-23-11-7-21-49(51)61-53(69)37-35-47-45-19-9-13-25-55(45)71-65(47)61)58(40-17-5-2-6-18-40)60(42-29-33-44(68)34-30-42)64(59)70-52-24-12-8-22-50(52)62-54(70)38-36-48-46-20-10-14-26-56(46)72-66(48)62/h7-14,19-40H,1-6,15-18H2. The quantitative estimate of drug-likeness (QED) is 0.157. The van der Waals surface area contributed by atoms with Gasteiger partial charge in [-0.2, -0.15) is 0 Å². The van der Waals surface area contributed by atoms with E-state index in [1.165, 1.54) is 103 Å². The van der Waals surface area contributed by atoms with Crippen molar-refractivity contribution in [3.05, 3.63) is 193 Å². The summed E-state index contributed by atoms with van der Waals surface area (Å²) >= 11 is 3.78. The Kier molecular flexibility index (Phi) is 9.89. The predicted octanol–water partition coefficient (Wildman–Crippen LogP) is 20.3. The second-order valence-electron chi connectivity index (χ2n) is 20.5. The van der Waals surface area contributed by atoms with Gasteiger partial charge in [-0.25, -0.2) is 8.78 Å². The van der Waals surface area contributed by atoms with Crippen molar-refractivity contribution >= 4 is 107 Å². The summed E-state index contributed by atoms with van der Waals surface area (Å²) in [6, 6.07) is 59.9. The lowest BCUT2D eigenvalue weighted by Crippen LogP contribution is -2.20. The summed E-state index contributed by atoms with van der Waals surface area (Å²) in [5.74, 6) is -0.0557. The lowest BCUT2D eigenvalue weighted by molar-refractivity contribution is 0.435. The van der Waals surface area contributed by atoms with Crippen LogP contribution in [0.25, 0.3) is 118 Å². The minimum atomic E-state index is -0.254. The molecule has 13 aromatic rings. The van der Waals surface area contributed by atoms with E-state index in [2.05, 4.69) is 130 Å². The molecule has 0 bridgehead atoms. The third kappa shape index (κ3) is 6.34. The molecule has 0 N–H and O–H groups in total. The van der Waals surface area contributed by atoms with Crippen molar-refractivity contribution in [3.63, 3.8) is 0 Å². The first-order valence-corrected chi connectivity index (χ1v) is 27.7. The van der Waals surface area contributed by atoms with E-state index in [9.17, 15) is 0 Å². The van der Waals surface area contributed by atoms with Gasteiger partial charge in [0.2, 0.25) is 0 Å². The molecule has 4 aromatic heterocycles. The third-order valence-electron chi connectivity index (χ3n) is 16.6. The Morgan fingerprint density at radius 2 is 0.736 bits per heavy atom. The Morgan fingerprint density at radius 1 is 0.347 bits per heavy atom. The number of fused-ring (bicyclic) bond motifs is 14. The molecule has 2 aliphatic carbocycles. The molecule has 0 aliphatic heterocycles. The number of hydrogen-bond donors (Lipinski definition) is 0. The second-order valence-corrected chi connectivity index (χ2v) is 22.6. The van der Waals surface area contributed by atoms with Crippen LogP contribution in [0.1, 0.15) is 87.2 Å². The largest absolute Gasteiger partial charge is 0.309 e. The maximum absolute atomic E-state index is 15.6. The Hall–Kier alpha value is -7.12. The van der Waals surface area contributed by atoms with Gasteiger partial charge in [0.05, 0.1) is 33.4 Å². The van der Waals surface area contributed by atoms with Gasteiger partial charge >= 0.3 is 0 Å². The number of aromatic nitrogens is 2. The van der Waals surface area contributed by atoms with E-state index in [4.69, 9.17) is 0 Å². The summed E-state index contributed by atoms with van der Waals surface area (Å²) in [6.07, 6.45) is 11.3. The van der Waals surface area contributed by atoms with Crippen LogP contribution in [0.5, 0.6) is 0 Å². The van der Waals surface area contributed by atoms with Crippen molar-refractivity contribution in [3.8, 4) is 33.6 Å². The number of thiophene rings is 2. The van der Waals surface area contributed by atoms with E-state index >= 15 is 8.78 Å². The van der Waals surface area contributed by atoms with Gasteiger partial charge in [0, 0.05) is 73.0 Å². The monoisotopic (exact) mass is 972 g/mol. The lowest BCUT2D eigenvalue weighted by atomic mass is 9.72. The fraction of sp³-hybridized carbons (Fsp3) is 0.182.